The summed E-state index contributed by atoms with van der Waals surface area (Å²) in [4.78, 5) is 35.4. The van der Waals surface area contributed by atoms with E-state index in [0.717, 1.165) is 38.5 Å². The fourth-order valence-electron chi connectivity index (χ4n) is 3.05. The van der Waals surface area contributed by atoms with E-state index < -0.39 is 12.1 Å². The minimum Gasteiger partial charge on any atom is -0.465 e. The van der Waals surface area contributed by atoms with Crippen LogP contribution in [-0.4, -0.2) is 36.7 Å². The van der Waals surface area contributed by atoms with Gasteiger partial charge in [-0.3, -0.25) is 14.4 Å². The highest BCUT2D eigenvalue weighted by Crippen LogP contribution is 2.10. The van der Waals surface area contributed by atoms with Gasteiger partial charge >= 0.3 is 17.9 Å². The molecule has 30 heavy (non-hydrogen) atoms. The van der Waals surface area contributed by atoms with Crippen LogP contribution in [0, 0.1) is 0 Å². The first-order chi connectivity index (χ1) is 14.4. The molecule has 0 rings (SSSR count). The standard InChI is InChI=1S/C24H44O6/c1-5-7-9-11-13-15-22(25)29-20(3)17-18-28-24(27)19-21(4)30-23(26)16-14-12-10-8-6-2/h20-21H,5-19H2,1-4H3/t20-,21-/m1/s1. The smallest absolute Gasteiger partial charge is 0.309 e. The summed E-state index contributed by atoms with van der Waals surface area (Å²) in [5, 5.41) is 0. The number of esters is 3. The molecule has 0 aromatic carbocycles. The molecule has 0 unspecified atom stereocenters. The molecule has 0 N–H and O–H groups in total. The van der Waals surface area contributed by atoms with Gasteiger partial charge in [0.1, 0.15) is 12.2 Å². The Bertz CT molecular complexity index is 463. The van der Waals surface area contributed by atoms with Gasteiger partial charge in [-0.25, -0.2) is 0 Å². The Balaban J connectivity index is 3.76. The van der Waals surface area contributed by atoms with Crippen molar-refractivity contribution < 1.29 is 28.6 Å². The van der Waals surface area contributed by atoms with E-state index in [0.29, 0.717) is 19.3 Å². The van der Waals surface area contributed by atoms with E-state index in [1.807, 2.05) is 0 Å². The molecule has 0 bridgehead atoms. The average molecular weight is 429 g/mol. The van der Waals surface area contributed by atoms with E-state index in [-0.39, 0.29) is 31.1 Å². The maximum atomic E-state index is 11.9. The summed E-state index contributed by atoms with van der Waals surface area (Å²) in [6.45, 7) is 7.99. The Morgan fingerprint density at radius 3 is 1.60 bits per heavy atom. The summed E-state index contributed by atoms with van der Waals surface area (Å²) in [6.07, 6.45) is 11.3. The summed E-state index contributed by atoms with van der Waals surface area (Å²) >= 11 is 0. The Kier molecular flexibility index (Phi) is 18.4. The van der Waals surface area contributed by atoms with Crippen LogP contribution in [0.1, 0.15) is 118 Å². The van der Waals surface area contributed by atoms with Crippen molar-refractivity contribution in [1.82, 2.24) is 0 Å². The molecule has 2 atom stereocenters. The Hall–Kier alpha value is -1.59. The van der Waals surface area contributed by atoms with E-state index in [1.54, 1.807) is 13.8 Å². The maximum absolute atomic E-state index is 11.9. The molecule has 6 nitrogen and oxygen atoms in total. The van der Waals surface area contributed by atoms with E-state index in [9.17, 15) is 14.4 Å². The van der Waals surface area contributed by atoms with Gasteiger partial charge in [0.05, 0.1) is 13.0 Å². The summed E-state index contributed by atoms with van der Waals surface area (Å²) in [7, 11) is 0. The number of carbonyl (C=O) groups excluding carboxylic acids is 3. The fraction of sp³-hybridized carbons (Fsp3) is 0.875. The van der Waals surface area contributed by atoms with Crippen molar-refractivity contribution in [3.8, 4) is 0 Å². The first-order valence-electron chi connectivity index (χ1n) is 11.9. The van der Waals surface area contributed by atoms with Gasteiger partial charge in [-0.1, -0.05) is 65.2 Å². The van der Waals surface area contributed by atoms with Crippen LogP contribution in [0.2, 0.25) is 0 Å². The van der Waals surface area contributed by atoms with Crippen molar-refractivity contribution in [2.45, 2.75) is 130 Å². The molecule has 0 saturated carbocycles. The predicted octanol–water partition coefficient (Wildman–Crippen LogP) is 5.89. The summed E-state index contributed by atoms with van der Waals surface area (Å²) in [6, 6.07) is 0. The van der Waals surface area contributed by atoms with Crippen LogP contribution in [0.15, 0.2) is 0 Å². The van der Waals surface area contributed by atoms with Gasteiger partial charge in [-0.2, -0.15) is 0 Å². The number of unbranched alkanes of at least 4 members (excludes halogenated alkanes) is 8. The zero-order valence-electron chi connectivity index (χ0n) is 19.7. The quantitative estimate of drug-likeness (QED) is 0.145. The predicted molar refractivity (Wildman–Crippen MR) is 118 cm³/mol. The van der Waals surface area contributed by atoms with Crippen LogP contribution in [0.5, 0.6) is 0 Å². The molecule has 0 aliphatic heterocycles. The van der Waals surface area contributed by atoms with E-state index in [1.165, 1.54) is 25.7 Å². The number of rotatable bonds is 19. The molecule has 176 valence electrons. The van der Waals surface area contributed by atoms with Crippen molar-refractivity contribution >= 4 is 17.9 Å². The van der Waals surface area contributed by atoms with Gasteiger partial charge in [-0.05, 0) is 26.7 Å². The van der Waals surface area contributed by atoms with Gasteiger partial charge < -0.3 is 14.2 Å². The number of carbonyl (C=O) groups is 3. The highest BCUT2D eigenvalue weighted by molar-refractivity contribution is 5.72. The maximum Gasteiger partial charge on any atom is 0.309 e. The first kappa shape index (κ1) is 28.4. The van der Waals surface area contributed by atoms with Crippen molar-refractivity contribution in [3.05, 3.63) is 0 Å². The first-order valence-corrected chi connectivity index (χ1v) is 11.9. The third-order valence-electron chi connectivity index (χ3n) is 4.88. The normalized spacial score (nSPS) is 12.8. The minimum atomic E-state index is -0.497. The van der Waals surface area contributed by atoms with Crippen molar-refractivity contribution in [3.63, 3.8) is 0 Å². The van der Waals surface area contributed by atoms with E-state index in [2.05, 4.69) is 13.8 Å². The fourth-order valence-corrected chi connectivity index (χ4v) is 3.05. The molecule has 0 aliphatic rings. The number of ether oxygens (including phenoxy) is 3. The van der Waals surface area contributed by atoms with Crippen molar-refractivity contribution in [2.75, 3.05) is 6.61 Å². The molecule has 0 spiro atoms. The zero-order chi connectivity index (χ0) is 22.6. The topological polar surface area (TPSA) is 78.9 Å². The van der Waals surface area contributed by atoms with Gasteiger partial charge in [0.2, 0.25) is 0 Å². The van der Waals surface area contributed by atoms with E-state index >= 15 is 0 Å². The van der Waals surface area contributed by atoms with Crippen molar-refractivity contribution in [1.29, 1.82) is 0 Å². The second-order valence-corrected chi connectivity index (χ2v) is 8.14. The molecular weight excluding hydrogens is 384 g/mol. The largest absolute Gasteiger partial charge is 0.465 e. The van der Waals surface area contributed by atoms with E-state index in [4.69, 9.17) is 14.2 Å². The Morgan fingerprint density at radius 2 is 1.10 bits per heavy atom. The molecule has 0 aliphatic carbocycles. The van der Waals surface area contributed by atoms with Gasteiger partial charge in [0.15, 0.2) is 0 Å². The lowest BCUT2D eigenvalue weighted by Gasteiger charge is -2.15. The zero-order valence-corrected chi connectivity index (χ0v) is 19.7. The lowest BCUT2D eigenvalue weighted by atomic mass is 10.1. The summed E-state index contributed by atoms with van der Waals surface area (Å²) in [5.74, 6) is -0.865. The summed E-state index contributed by atoms with van der Waals surface area (Å²) < 4.78 is 15.8. The Labute approximate surface area is 183 Å². The van der Waals surface area contributed by atoms with Gasteiger partial charge in [0.25, 0.3) is 0 Å². The SMILES string of the molecule is CCCCCCCC(=O)O[C@H](C)CCOC(=O)C[C@@H](C)OC(=O)CCCCCCC. The average Bonchev–Trinajstić information content (AvgIpc) is 2.67. The lowest BCUT2D eigenvalue weighted by molar-refractivity contribution is -0.154. The molecule has 0 heterocycles. The van der Waals surface area contributed by atoms with Gasteiger partial charge in [0, 0.05) is 19.3 Å². The van der Waals surface area contributed by atoms with Gasteiger partial charge in [-0.15, -0.1) is 0 Å². The van der Waals surface area contributed by atoms with Crippen LogP contribution in [0.4, 0.5) is 0 Å². The second kappa shape index (κ2) is 19.4. The lowest BCUT2D eigenvalue weighted by Crippen LogP contribution is -2.22. The van der Waals surface area contributed by atoms with Crippen LogP contribution < -0.4 is 0 Å². The molecule has 0 aromatic heterocycles. The summed E-state index contributed by atoms with van der Waals surface area (Å²) in [5.41, 5.74) is 0. The highest BCUT2D eigenvalue weighted by Gasteiger charge is 2.16. The minimum absolute atomic E-state index is 0.0352. The van der Waals surface area contributed by atoms with Crippen LogP contribution in [0.3, 0.4) is 0 Å². The van der Waals surface area contributed by atoms with Crippen LogP contribution >= 0.6 is 0 Å². The van der Waals surface area contributed by atoms with Crippen LogP contribution in [0.25, 0.3) is 0 Å². The number of hydrogen-bond donors (Lipinski definition) is 0. The second-order valence-electron chi connectivity index (χ2n) is 8.14. The highest BCUT2D eigenvalue weighted by atomic mass is 16.6. The molecule has 6 heteroatoms. The third kappa shape index (κ3) is 18.4. The monoisotopic (exact) mass is 428 g/mol. The molecular formula is C24H44O6. The molecule has 0 aromatic rings. The third-order valence-corrected chi connectivity index (χ3v) is 4.88. The molecule has 0 saturated heterocycles. The molecule has 0 amide bonds. The van der Waals surface area contributed by atoms with Crippen molar-refractivity contribution in [2.24, 2.45) is 0 Å². The van der Waals surface area contributed by atoms with Crippen LogP contribution in [-0.2, 0) is 28.6 Å². The molecule has 0 fully saturated rings. The Morgan fingerprint density at radius 1 is 0.633 bits per heavy atom. The molecule has 0 radical (unpaired) electrons. The number of hydrogen-bond acceptors (Lipinski definition) is 6.